The Hall–Kier alpha value is -0.610. The van der Waals surface area contributed by atoms with E-state index in [2.05, 4.69) is 22.9 Å². The molecule has 0 aromatic rings. The number of hydrogen-bond donors (Lipinski definition) is 3. The zero-order chi connectivity index (χ0) is 12.3. The highest BCUT2D eigenvalue weighted by Gasteiger charge is 2.26. The van der Waals surface area contributed by atoms with E-state index in [9.17, 15) is 4.79 Å². The number of carbonyl (C=O) groups excluding carboxylic acids is 1. The van der Waals surface area contributed by atoms with Crippen LogP contribution in [0, 0.1) is 0 Å². The normalized spacial score (nSPS) is 27.8. The van der Waals surface area contributed by atoms with Crippen molar-refractivity contribution in [3.63, 3.8) is 0 Å². The second-order valence-corrected chi connectivity index (χ2v) is 5.60. The molecule has 98 valence electrons. The molecular weight excluding hydrogens is 214 g/mol. The summed E-state index contributed by atoms with van der Waals surface area (Å²) in [4.78, 5) is 11.8. The van der Waals surface area contributed by atoms with Crippen molar-refractivity contribution in [3.05, 3.63) is 0 Å². The highest BCUT2D eigenvalue weighted by Crippen LogP contribution is 2.18. The van der Waals surface area contributed by atoms with Gasteiger partial charge in [-0.1, -0.05) is 0 Å². The molecule has 3 N–H and O–H groups in total. The maximum Gasteiger partial charge on any atom is 0.237 e. The monoisotopic (exact) mass is 239 g/mol. The number of amides is 1. The summed E-state index contributed by atoms with van der Waals surface area (Å²) in [6.07, 6.45) is 5.98. The highest BCUT2D eigenvalue weighted by atomic mass is 16.2. The van der Waals surface area contributed by atoms with Crippen molar-refractivity contribution < 1.29 is 4.79 Å². The van der Waals surface area contributed by atoms with Crippen molar-refractivity contribution in [2.24, 2.45) is 0 Å². The van der Waals surface area contributed by atoms with Gasteiger partial charge in [-0.25, -0.2) is 0 Å². The van der Waals surface area contributed by atoms with Crippen LogP contribution in [-0.2, 0) is 4.79 Å². The summed E-state index contributed by atoms with van der Waals surface area (Å²) in [5.41, 5.74) is 0. The van der Waals surface area contributed by atoms with Crippen LogP contribution in [-0.4, -0.2) is 36.6 Å². The molecule has 0 radical (unpaired) electrons. The Balaban J connectivity index is 1.65. The minimum atomic E-state index is -0.0768. The van der Waals surface area contributed by atoms with E-state index >= 15 is 0 Å². The smallest absolute Gasteiger partial charge is 0.237 e. The predicted octanol–water partition coefficient (Wildman–Crippen LogP) is 0.774. The molecule has 1 amide bonds. The minimum Gasteiger partial charge on any atom is -0.352 e. The number of hydrogen-bond acceptors (Lipinski definition) is 3. The first-order valence-electron chi connectivity index (χ1n) is 6.95. The van der Waals surface area contributed by atoms with E-state index in [-0.39, 0.29) is 11.9 Å². The molecule has 2 aliphatic rings. The molecule has 2 rings (SSSR count). The molecule has 4 nitrogen and oxygen atoms in total. The van der Waals surface area contributed by atoms with Gasteiger partial charge in [-0.3, -0.25) is 4.79 Å². The van der Waals surface area contributed by atoms with Gasteiger partial charge in [0, 0.05) is 18.1 Å². The maximum atomic E-state index is 11.8. The summed E-state index contributed by atoms with van der Waals surface area (Å²) < 4.78 is 0. The van der Waals surface area contributed by atoms with Crippen molar-refractivity contribution >= 4 is 5.91 Å². The molecule has 1 saturated carbocycles. The summed E-state index contributed by atoms with van der Waals surface area (Å²) in [6, 6.07) is 1.41. The average molecular weight is 239 g/mol. The van der Waals surface area contributed by atoms with Gasteiger partial charge in [0.25, 0.3) is 0 Å². The molecule has 1 aliphatic heterocycles. The van der Waals surface area contributed by atoms with Gasteiger partial charge in [0.1, 0.15) is 0 Å². The van der Waals surface area contributed by atoms with Gasteiger partial charge < -0.3 is 16.0 Å². The molecule has 0 spiro atoms. The molecule has 1 heterocycles. The average Bonchev–Trinajstić information content (AvgIpc) is 2.93. The molecule has 1 saturated heterocycles. The molecule has 0 bridgehead atoms. The van der Waals surface area contributed by atoms with Crippen LogP contribution < -0.4 is 16.0 Å². The molecule has 4 heteroatoms. The summed E-state index contributed by atoms with van der Waals surface area (Å²) in [7, 11) is 0. The fourth-order valence-corrected chi connectivity index (χ4v) is 2.51. The van der Waals surface area contributed by atoms with Crippen molar-refractivity contribution in [2.45, 2.75) is 70.1 Å². The molecule has 0 aromatic carbocycles. The van der Waals surface area contributed by atoms with E-state index in [0.717, 1.165) is 25.8 Å². The van der Waals surface area contributed by atoms with E-state index < -0.39 is 0 Å². The van der Waals surface area contributed by atoms with Crippen LogP contribution in [0.2, 0.25) is 0 Å². The molecule has 2 fully saturated rings. The Labute approximate surface area is 104 Å². The van der Waals surface area contributed by atoms with Crippen LogP contribution in [0.1, 0.15) is 46.0 Å². The first-order valence-corrected chi connectivity index (χ1v) is 6.95. The molecular formula is C13H25N3O. The van der Waals surface area contributed by atoms with Crippen molar-refractivity contribution in [1.82, 2.24) is 16.0 Å². The number of nitrogens with one attached hydrogen (secondary N) is 3. The van der Waals surface area contributed by atoms with Gasteiger partial charge in [0.05, 0.1) is 6.04 Å². The standard InChI is InChI=1S/C13H25N3O/c1-9(8-12-4-3-7-14-12)15-10(2)13(17)16-11-5-6-11/h9-12,14-15H,3-8H2,1-2H3,(H,16,17). The molecule has 1 aliphatic carbocycles. The fraction of sp³-hybridized carbons (Fsp3) is 0.923. The molecule has 3 unspecified atom stereocenters. The van der Waals surface area contributed by atoms with E-state index in [4.69, 9.17) is 0 Å². The van der Waals surface area contributed by atoms with Gasteiger partial charge in [-0.2, -0.15) is 0 Å². The van der Waals surface area contributed by atoms with Crippen molar-refractivity contribution in [1.29, 1.82) is 0 Å². The zero-order valence-corrected chi connectivity index (χ0v) is 11.0. The molecule has 0 aromatic heterocycles. The van der Waals surface area contributed by atoms with E-state index in [0.29, 0.717) is 18.1 Å². The first kappa shape index (κ1) is 12.8. The minimum absolute atomic E-state index is 0.0768. The summed E-state index contributed by atoms with van der Waals surface area (Å²) in [5, 5.41) is 9.91. The second-order valence-electron chi connectivity index (χ2n) is 5.60. The second kappa shape index (κ2) is 5.83. The van der Waals surface area contributed by atoms with Crippen LogP contribution in [0.4, 0.5) is 0 Å². The van der Waals surface area contributed by atoms with Gasteiger partial charge in [-0.15, -0.1) is 0 Å². The number of rotatable bonds is 6. The summed E-state index contributed by atoms with van der Waals surface area (Å²) >= 11 is 0. The Kier molecular flexibility index (Phi) is 4.40. The number of carbonyl (C=O) groups is 1. The lowest BCUT2D eigenvalue weighted by Gasteiger charge is -2.22. The topological polar surface area (TPSA) is 53.2 Å². The Morgan fingerprint density at radius 3 is 2.71 bits per heavy atom. The zero-order valence-electron chi connectivity index (χ0n) is 11.0. The van der Waals surface area contributed by atoms with E-state index in [1.165, 1.54) is 12.8 Å². The third-order valence-electron chi connectivity index (χ3n) is 3.65. The quantitative estimate of drug-likeness (QED) is 0.642. The van der Waals surface area contributed by atoms with Crippen LogP contribution in [0.5, 0.6) is 0 Å². The van der Waals surface area contributed by atoms with Gasteiger partial charge >= 0.3 is 0 Å². The Morgan fingerprint density at radius 2 is 2.12 bits per heavy atom. The highest BCUT2D eigenvalue weighted by molar-refractivity contribution is 5.81. The van der Waals surface area contributed by atoms with Crippen LogP contribution in [0.15, 0.2) is 0 Å². The lowest BCUT2D eigenvalue weighted by atomic mass is 10.1. The fourth-order valence-electron chi connectivity index (χ4n) is 2.51. The largest absolute Gasteiger partial charge is 0.352 e. The van der Waals surface area contributed by atoms with Gasteiger partial charge in [0.15, 0.2) is 0 Å². The SMILES string of the molecule is CC(CC1CCCN1)NC(C)C(=O)NC1CC1. The summed E-state index contributed by atoms with van der Waals surface area (Å²) in [6.45, 7) is 5.27. The molecule has 3 atom stereocenters. The Bertz CT molecular complexity index is 259. The lowest BCUT2D eigenvalue weighted by Crippen LogP contribution is -2.47. The predicted molar refractivity (Wildman–Crippen MR) is 68.9 cm³/mol. The van der Waals surface area contributed by atoms with Crippen LogP contribution >= 0.6 is 0 Å². The third-order valence-corrected chi connectivity index (χ3v) is 3.65. The third kappa shape index (κ3) is 4.28. The molecule has 17 heavy (non-hydrogen) atoms. The van der Waals surface area contributed by atoms with Crippen molar-refractivity contribution in [2.75, 3.05) is 6.54 Å². The lowest BCUT2D eigenvalue weighted by molar-refractivity contribution is -0.123. The van der Waals surface area contributed by atoms with Crippen LogP contribution in [0.3, 0.4) is 0 Å². The Morgan fingerprint density at radius 1 is 1.35 bits per heavy atom. The summed E-state index contributed by atoms with van der Waals surface area (Å²) in [5.74, 6) is 0.152. The van der Waals surface area contributed by atoms with Gasteiger partial charge in [0.2, 0.25) is 5.91 Å². The van der Waals surface area contributed by atoms with E-state index in [1.54, 1.807) is 0 Å². The van der Waals surface area contributed by atoms with Crippen molar-refractivity contribution in [3.8, 4) is 0 Å². The van der Waals surface area contributed by atoms with E-state index in [1.807, 2.05) is 6.92 Å². The first-order chi connectivity index (χ1) is 8.15. The van der Waals surface area contributed by atoms with Crippen LogP contribution in [0.25, 0.3) is 0 Å². The van der Waals surface area contributed by atoms with Gasteiger partial charge in [-0.05, 0) is 52.5 Å². The maximum absolute atomic E-state index is 11.8.